The van der Waals surface area contributed by atoms with Crippen molar-refractivity contribution in [2.45, 2.75) is 0 Å². The Kier molecular flexibility index (Phi) is 6.84. The molecule has 0 amide bonds. The number of furan rings is 1. The molecule has 1 aromatic heterocycles. The van der Waals surface area contributed by atoms with E-state index in [0.717, 1.165) is 55.5 Å². The van der Waals surface area contributed by atoms with Crippen LogP contribution in [0.3, 0.4) is 0 Å². The Bertz CT molecular complexity index is 2550. The SMILES string of the molecule is c1ccc(-c2ccc(N(c3ccccc3)c3ccccc3-c3ccc4oc5c6ccccc6ccc5c4c3)cc2-c2ccccc2)cc1. The zero-order chi connectivity index (χ0) is 31.9. The number of benzene rings is 8. The molecule has 226 valence electrons. The normalized spacial score (nSPS) is 11.3. The van der Waals surface area contributed by atoms with Gasteiger partial charge in [0.2, 0.25) is 0 Å². The third kappa shape index (κ3) is 4.83. The van der Waals surface area contributed by atoms with Crippen LogP contribution in [0.25, 0.3) is 66.1 Å². The largest absolute Gasteiger partial charge is 0.455 e. The average Bonchev–Trinajstić information content (AvgIpc) is 3.55. The van der Waals surface area contributed by atoms with Crippen LogP contribution in [0, 0.1) is 0 Å². The fourth-order valence-electron chi connectivity index (χ4n) is 6.99. The summed E-state index contributed by atoms with van der Waals surface area (Å²) in [6.45, 7) is 0. The zero-order valence-electron chi connectivity index (χ0n) is 26.3. The lowest BCUT2D eigenvalue weighted by Gasteiger charge is -2.29. The van der Waals surface area contributed by atoms with E-state index in [9.17, 15) is 0 Å². The molecule has 2 heteroatoms. The summed E-state index contributed by atoms with van der Waals surface area (Å²) in [4.78, 5) is 2.38. The summed E-state index contributed by atoms with van der Waals surface area (Å²) in [6.07, 6.45) is 0. The van der Waals surface area contributed by atoms with Crippen LogP contribution >= 0.6 is 0 Å². The van der Waals surface area contributed by atoms with E-state index in [-0.39, 0.29) is 0 Å². The zero-order valence-corrected chi connectivity index (χ0v) is 26.3. The van der Waals surface area contributed by atoms with Crippen LogP contribution in [0.1, 0.15) is 0 Å². The van der Waals surface area contributed by atoms with Crippen LogP contribution < -0.4 is 4.90 Å². The fourth-order valence-corrected chi connectivity index (χ4v) is 6.99. The summed E-state index contributed by atoms with van der Waals surface area (Å²) in [5, 5.41) is 4.57. The lowest BCUT2D eigenvalue weighted by atomic mass is 9.93. The van der Waals surface area contributed by atoms with Crippen molar-refractivity contribution in [2.75, 3.05) is 4.90 Å². The number of hydrogen-bond acceptors (Lipinski definition) is 2. The van der Waals surface area contributed by atoms with E-state index >= 15 is 0 Å². The van der Waals surface area contributed by atoms with Crippen molar-refractivity contribution >= 4 is 49.8 Å². The first-order valence-electron chi connectivity index (χ1n) is 16.4. The standard InChI is InChI=1S/C46H31NO/c1-4-14-32(15-5-1)38-28-26-37(31-42(38)33-16-6-2-7-17-33)47(36-19-8-3-9-20-36)44-23-13-12-21-39(44)35-25-29-45-43(30-35)41-27-24-34-18-10-11-22-40(34)46(41)48-45/h1-31H. The van der Waals surface area contributed by atoms with Crippen molar-refractivity contribution in [3.8, 4) is 33.4 Å². The number of nitrogens with zero attached hydrogens (tertiary/aromatic N) is 1. The predicted octanol–water partition coefficient (Wildman–Crippen LogP) is 13.2. The summed E-state index contributed by atoms with van der Waals surface area (Å²) >= 11 is 0. The second kappa shape index (κ2) is 11.8. The predicted molar refractivity (Wildman–Crippen MR) is 202 cm³/mol. The topological polar surface area (TPSA) is 16.4 Å². The minimum Gasteiger partial charge on any atom is -0.455 e. The van der Waals surface area contributed by atoms with Crippen LogP contribution in [-0.2, 0) is 0 Å². The highest BCUT2D eigenvalue weighted by atomic mass is 16.3. The maximum atomic E-state index is 6.47. The fraction of sp³-hybridized carbons (Fsp3) is 0. The van der Waals surface area contributed by atoms with Crippen LogP contribution in [0.4, 0.5) is 17.1 Å². The van der Waals surface area contributed by atoms with Crippen molar-refractivity contribution in [3.63, 3.8) is 0 Å². The number of hydrogen-bond donors (Lipinski definition) is 0. The van der Waals surface area contributed by atoms with Gasteiger partial charge in [-0.15, -0.1) is 0 Å². The van der Waals surface area contributed by atoms with E-state index in [2.05, 4.69) is 193 Å². The highest BCUT2D eigenvalue weighted by Crippen LogP contribution is 2.45. The average molecular weight is 614 g/mol. The minimum atomic E-state index is 0.895. The van der Waals surface area contributed by atoms with E-state index in [1.54, 1.807) is 0 Å². The van der Waals surface area contributed by atoms with Crippen molar-refractivity contribution in [2.24, 2.45) is 0 Å². The van der Waals surface area contributed by atoms with E-state index in [4.69, 9.17) is 4.42 Å². The maximum Gasteiger partial charge on any atom is 0.143 e. The Balaban J connectivity index is 1.24. The van der Waals surface area contributed by atoms with Gasteiger partial charge in [0.25, 0.3) is 0 Å². The molecule has 0 radical (unpaired) electrons. The molecule has 0 unspecified atom stereocenters. The monoisotopic (exact) mass is 613 g/mol. The molecule has 0 N–H and O–H groups in total. The van der Waals surface area contributed by atoms with Crippen molar-refractivity contribution in [1.82, 2.24) is 0 Å². The van der Waals surface area contributed by atoms with Crippen LogP contribution in [0.5, 0.6) is 0 Å². The molecule has 0 fully saturated rings. The maximum absolute atomic E-state index is 6.47. The lowest BCUT2D eigenvalue weighted by Crippen LogP contribution is -2.11. The molecule has 0 saturated heterocycles. The van der Waals surface area contributed by atoms with Gasteiger partial charge >= 0.3 is 0 Å². The molecule has 9 rings (SSSR count). The first kappa shape index (κ1) is 27.9. The van der Waals surface area contributed by atoms with Gasteiger partial charge in [0.05, 0.1) is 5.69 Å². The molecule has 0 saturated carbocycles. The van der Waals surface area contributed by atoms with Crippen LogP contribution in [0.15, 0.2) is 192 Å². The van der Waals surface area contributed by atoms with Gasteiger partial charge in [-0.25, -0.2) is 0 Å². The first-order valence-corrected chi connectivity index (χ1v) is 16.4. The summed E-state index contributed by atoms with van der Waals surface area (Å²) in [7, 11) is 0. The van der Waals surface area contributed by atoms with Gasteiger partial charge in [0.15, 0.2) is 0 Å². The Morgan fingerprint density at radius 2 is 1.02 bits per heavy atom. The first-order chi connectivity index (χ1) is 23.8. The smallest absolute Gasteiger partial charge is 0.143 e. The Morgan fingerprint density at radius 3 is 1.81 bits per heavy atom. The summed E-state index contributed by atoms with van der Waals surface area (Å²) in [6, 6.07) is 66.9. The van der Waals surface area contributed by atoms with Crippen molar-refractivity contribution < 1.29 is 4.42 Å². The van der Waals surface area contributed by atoms with Gasteiger partial charge < -0.3 is 9.32 Å². The number of fused-ring (bicyclic) bond motifs is 5. The van der Waals surface area contributed by atoms with Crippen molar-refractivity contribution in [3.05, 3.63) is 188 Å². The summed E-state index contributed by atoms with van der Waals surface area (Å²) < 4.78 is 6.47. The molecule has 0 aliphatic heterocycles. The van der Waals surface area contributed by atoms with E-state index in [0.29, 0.717) is 0 Å². The van der Waals surface area contributed by atoms with Gasteiger partial charge in [-0.1, -0.05) is 140 Å². The highest BCUT2D eigenvalue weighted by Gasteiger charge is 2.20. The van der Waals surface area contributed by atoms with Gasteiger partial charge in [-0.05, 0) is 81.7 Å². The van der Waals surface area contributed by atoms with Gasteiger partial charge in [-0.3, -0.25) is 0 Å². The molecule has 0 bridgehead atoms. The van der Waals surface area contributed by atoms with E-state index in [1.165, 1.54) is 27.6 Å². The molecular formula is C46H31NO. The highest BCUT2D eigenvalue weighted by molar-refractivity contribution is 6.15. The molecule has 1 heterocycles. The molecule has 48 heavy (non-hydrogen) atoms. The molecule has 0 aliphatic rings. The molecule has 2 nitrogen and oxygen atoms in total. The number of anilines is 3. The van der Waals surface area contributed by atoms with E-state index in [1.807, 2.05) is 0 Å². The second-order valence-electron chi connectivity index (χ2n) is 12.1. The van der Waals surface area contributed by atoms with Crippen LogP contribution in [-0.4, -0.2) is 0 Å². The molecule has 0 atom stereocenters. The van der Waals surface area contributed by atoms with E-state index < -0.39 is 0 Å². The summed E-state index contributed by atoms with van der Waals surface area (Å²) in [5.74, 6) is 0. The second-order valence-corrected chi connectivity index (χ2v) is 12.1. The summed E-state index contributed by atoms with van der Waals surface area (Å²) in [5.41, 5.74) is 12.2. The van der Waals surface area contributed by atoms with Gasteiger partial charge in [0, 0.05) is 33.1 Å². The quantitative estimate of drug-likeness (QED) is 0.185. The Labute approximate surface area is 279 Å². The third-order valence-electron chi connectivity index (χ3n) is 9.26. The molecular weight excluding hydrogens is 583 g/mol. The third-order valence-corrected chi connectivity index (χ3v) is 9.26. The Hall–Kier alpha value is -6.38. The lowest BCUT2D eigenvalue weighted by molar-refractivity contribution is 0.672. The Morgan fingerprint density at radius 1 is 0.354 bits per heavy atom. The minimum absolute atomic E-state index is 0.895. The number of rotatable bonds is 6. The number of para-hydroxylation sites is 2. The van der Waals surface area contributed by atoms with Gasteiger partial charge in [0.1, 0.15) is 11.2 Å². The molecule has 0 aliphatic carbocycles. The van der Waals surface area contributed by atoms with Gasteiger partial charge in [-0.2, -0.15) is 0 Å². The molecule has 9 aromatic rings. The molecule has 8 aromatic carbocycles. The van der Waals surface area contributed by atoms with Crippen LogP contribution in [0.2, 0.25) is 0 Å². The molecule has 0 spiro atoms. The van der Waals surface area contributed by atoms with Crippen molar-refractivity contribution in [1.29, 1.82) is 0 Å².